The van der Waals surface area contributed by atoms with Crippen molar-refractivity contribution in [2.45, 2.75) is 30.9 Å². The van der Waals surface area contributed by atoms with Gasteiger partial charge < -0.3 is 9.64 Å². The third kappa shape index (κ3) is 2.04. The normalized spacial score (nSPS) is 32.5. The number of anilines is 1. The molecule has 0 aliphatic carbocycles. The van der Waals surface area contributed by atoms with Crippen molar-refractivity contribution >= 4 is 17.3 Å². The monoisotopic (exact) mass is 251 g/mol. The fourth-order valence-corrected chi connectivity index (χ4v) is 3.19. The molecule has 2 atom stereocenters. The lowest BCUT2D eigenvalue weighted by Crippen LogP contribution is -2.50. The summed E-state index contributed by atoms with van der Waals surface area (Å²) in [5.74, 6) is 0.612. The first kappa shape index (κ1) is 11.4. The van der Waals surface area contributed by atoms with Gasteiger partial charge in [0.05, 0.1) is 18.5 Å². The van der Waals surface area contributed by atoms with E-state index in [0.29, 0.717) is 11.9 Å². The minimum absolute atomic E-state index is 0.0716. The van der Waals surface area contributed by atoms with Gasteiger partial charge in [0, 0.05) is 12.2 Å². The van der Waals surface area contributed by atoms with Crippen LogP contribution in [0, 0.1) is 0 Å². The molecule has 2 aliphatic heterocycles. The Hall–Kier alpha value is -0.730. The average molecular weight is 252 g/mol. The van der Waals surface area contributed by atoms with Gasteiger partial charge in [-0.15, -0.1) is 11.6 Å². The van der Waals surface area contributed by atoms with Crippen LogP contribution in [-0.2, 0) is 4.74 Å². The zero-order valence-electron chi connectivity index (χ0n) is 9.94. The number of rotatable bonds is 3. The zero-order chi connectivity index (χ0) is 11.7. The Labute approximate surface area is 108 Å². The van der Waals surface area contributed by atoms with Gasteiger partial charge in [-0.25, -0.2) is 0 Å². The quantitative estimate of drug-likeness (QED) is 0.606. The number of nitrogens with zero attached hydrogens (tertiary/aromatic N) is 1. The molecule has 2 unspecified atom stereocenters. The van der Waals surface area contributed by atoms with E-state index in [1.54, 1.807) is 0 Å². The highest BCUT2D eigenvalue weighted by Gasteiger charge is 2.53. The minimum Gasteiger partial charge on any atom is -0.366 e. The molecule has 2 nitrogen and oxygen atoms in total. The highest BCUT2D eigenvalue weighted by atomic mass is 35.5. The van der Waals surface area contributed by atoms with E-state index in [9.17, 15) is 0 Å². The van der Waals surface area contributed by atoms with Gasteiger partial charge in [0.2, 0.25) is 0 Å². The second kappa shape index (κ2) is 4.51. The van der Waals surface area contributed by atoms with Gasteiger partial charge in [0.25, 0.3) is 0 Å². The summed E-state index contributed by atoms with van der Waals surface area (Å²) in [4.78, 5) is 2.49. The van der Waals surface area contributed by atoms with Crippen LogP contribution in [-0.4, -0.2) is 30.7 Å². The van der Waals surface area contributed by atoms with Gasteiger partial charge in [-0.3, -0.25) is 0 Å². The predicted octanol–water partition coefficient (Wildman–Crippen LogP) is 3.05. The Balaban J connectivity index is 1.86. The van der Waals surface area contributed by atoms with E-state index >= 15 is 0 Å². The maximum Gasteiger partial charge on any atom is 0.125 e. The highest BCUT2D eigenvalue weighted by molar-refractivity contribution is 6.18. The number of para-hydroxylation sites is 1. The Morgan fingerprint density at radius 2 is 2.06 bits per heavy atom. The standard InChI is InChI=1S/C14H18ClNO/c15-10-14(11-17-14)13-8-4-5-9-16(13)12-6-2-1-3-7-12/h1-3,6-7,13H,4-5,8-11H2. The average Bonchev–Trinajstić information content (AvgIpc) is 3.21. The highest BCUT2D eigenvalue weighted by Crippen LogP contribution is 2.41. The fourth-order valence-electron chi connectivity index (χ4n) is 2.86. The number of piperidine rings is 1. The summed E-state index contributed by atoms with van der Waals surface area (Å²) in [5.41, 5.74) is 1.23. The van der Waals surface area contributed by atoms with Crippen molar-refractivity contribution in [2.75, 3.05) is 23.9 Å². The van der Waals surface area contributed by atoms with Crippen LogP contribution in [0.5, 0.6) is 0 Å². The van der Waals surface area contributed by atoms with E-state index in [1.807, 2.05) is 0 Å². The Morgan fingerprint density at radius 1 is 1.29 bits per heavy atom. The molecule has 3 rings (SSSR count). The molecule has 0 radical (unpaired) electrons. The van der Waals surface area contributed by atoms with Gasteiger partial charge in [0.15, 0.2) is 0 Å². The van der Waals surface area contributed by atoms with Crippen LogP contribution in [0.1, 0.15) is 19.3 Å². The summed E-state index contributed by atoms with van der Waals surface area (Å²) < 4.78 is 5.66. The summed E-state index contributed by atoms with van der Waals surface area (Å²) in [6, 6.07) is 11.1. The van der Waals surface area contributed by atoms with E-state index < -0.39 is 0 Å². The van der Waals surface area contributed by atoms with Crippen molar-refractivity contribution in [1.82, 2.24) is 0 Å². The molecule has 92 valence electrons. The summed E-state index contributed by atoms with van der Waals surface area (Å²) in [7, 11) is 0. The Bertz CT molecular complexity index is 377. The van der Waals surface area contributed by atoms with Crippen molar-refractivity contribution in [3.8, 4) is 0 Å². The second-order valence-corrected chi connectivity index (χ2v) is 5.29. The molecule has 3 heteroatoms. The molecular formula is C14H18ClNO. The van der Waals surface area contributed by atoms with Gasteiger partial charge in [0.1, 0.15) is 5.60 Å². The van der Waals surface area contributed by atoms with Crippen molar-refractivity contribution in [2.24, 2.45) is 0 Å². The zero-order valence-corrected chi connectivity index (χ0v) is 10.7. The largest absolute Gasteiger partial charge is 0.366 e. The maximum atomic E-state index is 6.09. The van der Waals surface area contributed by atoms with Crippen molar-refractivity contribution < 1.29 is 4.74 Å². The molecule has 2 heterocycles. The maximum absolute atomic E-state index is 6.09. The first-order valence-electron chi connectivity index (χ1n) is 6.37. The lowest BCUT2D eigenvalue weighted by Gasteiger charge is -2.40. The number of hydrogen-bond donors (Lipinski definition) is 0. The van der Waals surface area contributed by atoms with Crippen LogP contribution in [0.25, 0.3) is 0 Å². The van der Waals surface area contributed by atoms with Gasteiger partial charge in [-0.2, -0.15) is 0 Å². The third-order valence-corrected chi connectivity index (χ3v) is 4.39. The van der Waals surface area contributed by atoms with Crippen LogP contribution in [0.3, 0.4) is 0 Å². The molecule has 1 aromatic rings. The summed E-state index contributed by atoms with van der Waals surface area (Å²) in [5, 5.41) is 0. The Morgan fingerprint density at radius 3 is 2.71 bits per heavy atom. The molecule has 2 aliphatic rings. The molecular weight excluding hydrogens is 234 g/mol. The first-order chi connectivity index (χ1) is 8.36. The summed E-state index contributed by atoms with van der Waals surface area (Å²) >= 11 is 6.09. The lowest BCUT2D eigenvalue weighted by atomic mass is 9.91. The van der Waals surface area contributed by atoms with Gasteiger partial charge in [-0.05, 0) is 31.4 Å². The topological polar surface area (TPSA) is 15.8 Å². The Kier molecular flexibility index (Phi) is 3.01. The van der Waals surface area contributed by atoms with Crippen molar-refractivity contribution in [3.63, 3.8) is 0 Å². The molecule has 2 saturated heterocycles. The van der Waals surface area contributed by atoms with Crippen molar-refractivity contribution in [3.05, 3.63) is 30.3 Å². The number of alkyl halides is 1. The first-order valence-corrected chi connectivity index (χ1v) is 6.91. The summed E-state index contributed by atoms with van der Waals surface area (Å²) in [6.45, 7) is 1.95. The number of hydrogen-bond acceptors (Lipinski definition) is 2. The number of ether oxygens (including phenoxy) is 1. The molecule has 0 saturated carbocycles. The predicted molar refractivity (Wildman–Crippen MR) is 70.8 cm³/mol. The van der Waals surface area contributed by atoms with E-state index in [4.69, 9.17) is 16.3 Å². The van der Waals surface area contributed by atoms with E-state index in [-0.39, 0.29) is 5.60 Å². The second-order valence-electron chi connectivity index (χ2n) is 5.03. The number of benzene rings is 1. The van der Waals surface area contributed by atoms with Crippen LogP contribution < -0.4 is 4.90 Å². The fraction of sp³-hybridized carbons (Fsp3) is 0.571. The van der Waals surface area contributed by atoms with E-state index in [0.717, 1.165) is 13.2 Å². The smallest absolute Gasteiger partial charge is 0.125 e. The lowest BCUT2D eigenvalue weighted by molar-refractivity contribution is 0.252. The van der Waals surface area contributed by atoms with Crippen LogP contribution in [0.4, 0.5) is 5.69 Å². The number of epoxide rings is 1. The molecule has 0 bridgehead atoms. The minimum atomic E-state index is -0.0716. The molecule has 0 amide bonds. The van der Waals surface area contributed by atoms with Crippen LogP contribution in [0.15, 0.2) is 30.3 Å². The summed E-state index contributed by atoms with van der Waals surface area (Å²) in [6.07, 6.45) is 3.75. The molecule has 2 fully saturated rings. The number of halogens is 1. The van der Waals surface area contributed by atoms with Crippen LogP contribution >= 0.6 is 11.6 Å². The van der Waals surface area contributed by atoms with E-state index in [1.165, 1.54) is 24.9 Å². The van der Waals surface area contributed by atoms with Crippen LogP contribution in [0.2, 0.25) is 0 Å². The molecule has 17 heavy (non-hydrogen) atoms. The van der Waals surface area contributed by atoms with Crippen molar-refractivity contribution in [1.29, 1.82) is 0 Å². The molecule has 0 N–H and O–H groups in total. The van der Waals surface area contributed by atoms with Gasteiger partial charge >= 0.3 is 0 Å². The van der Waals surface area contributed by atoms with Gasteiger partial charge in [-0.1, -0.05) is 18.2 Å². The SMILES string of the molecule is ClCC1(C2CCCCN2c2ccccc2)CO1. The molecule has 0 spiro atoms. The molecule has 0 aromatic heterocycles. The molecule has 1 aromatic carbocycles. The third-order valence-electron chi connectivity index (χ3n) is 3.94. The van der Waals surface area contributed by atoms with E-state index in [2.05, 4.69) is 35.2 Å².